The first-order valence-electron chi connectivity index (χ1n) is 10.8. The lowest BCUT2D eigenvalue weighted by Gasteiger charge is -2.16. The molecule has 0 aliphatic heterocycles. The second-order valence-electron chi connectivity index (χ2n) is 7.88. The van der Waals surface area contributed by atoms with Crippen molar-refractivity contribution >= 4 is 22.2 Å². The van der Waals surface area contributed by atoms with Gasteiger partial charge in [0.2, 0.25) is 0 Å². The number of imidazole rings is 1. The zero-order valence-corrected chi connectivity index (χ0v) is 18.8. The number of aromatic amines is 1. The van der Waals surface area contributed by atoms with Crippen LogP contribution in [0, 0.1) is 0 Å². The third kappa shape index (κ3) is 4.47. The van der Waals surface area contributed by atoms with E-state index < -0.39 is 0 Å². The second kappa shape index (κ2) is 9.42. The number of fused-ring (bicyclic) bond motifs is 1. The maximum atomic E-state index is 5.86. The third-order valence-electron chi connectivity index (χ3n) is 5.77. The summed E-state index contributed by atoms with van der Waals surface area (Å²) >= 11 is 1.81. The van der Waals surface area contributed by atoms with E-state index in [1.54, 1.807) is 6.20 Å². The first-order chi connectivity index (χ1) is 15.8. The van der Waals surface area contributed by atoms with Crippen molar-refractivity contribution in [3.8, 4) is 5.75 Å². The number of thiophene rings is 1. The van der Waals surface area contributed by atoms with Gasteiger partial charge in [-0.2, -0.15) is 0 Å². The first kappa shape index (κ1) is 20.5. The zero-order chi connectivity index (χ0) is 21.8. The number of hydrogen-bond donors (Lipinski definition) is 2. The summed E-state index contributed by atoms with van der Waals surface area (Å²) in [6.07, 6.45) is 5.87. The molecule has 1 atom stereocenters. The summed E-state index contributed by atoms with van der Waals surface area (Å²) in [7, 11) is 1.97. The van der Waals surface area contributed by atoms with Crippen molar-refractivity contribution in [3.63, 3.8) is 0 Å². The van der Waals surface area contributed by atoms with Crippen molar-refractivity contribution in [1.82, 2.24) is 19.9 Å². The number of H-pyrrole nitrogens is 1. The largest absolute Gasteiger partial charge is 0.486 e. The topological polar surface area (TPSA) is 54.9 Å². The van der Waals surface area contributed by atoms with Gasteiger partial charge in [0.15, 0.2) is 0 Å². The van der Waals surface area contributed by atoms with Crippen LogP contribution < -0.4 is 10.1 Å². The molecule has 0 aliphatic carbocycles. The van der Waals surface area contributed by atoms with E-state index in [2.05, 4.69) is 75.4 Å². The molecular formula is C26H26N4OS. The van der Waals surface area contributed by atoms with E-state index in [1.165, 1.54) is 26.9 Å². The molecule has 3 heterocycles. The lowest BCUT2D eigenvalue weighted by atomic mass is 9.96. The Bertz CT molecular complexity index is 1270. The highest BCUT2D eigenvalue weighted by atomic mass is 32.1. The summed E-state index contributed by atoms with van der Waals surface area (Å²) in [5, 5.41) is 7.11. The number of aromatic nitrogens is 3. The highest BCUT2D eigenvalue weighted by molar-refractivity contribution is 7.10. The lowest BCUT2D eigenvalue weighted by Crippen LogP contribution is -2.21. The smallest absolute Gasteiger partial charge is 0.146 e. The van der Waals surface area contributed by atoms with Crippen LogP contribution in [0.1, 0.15) is 27.7 Å². The predicted molar refractivity (Wildman–Crippen MR) is 130 cm³/mol. The molecule has 5 aromatic rings. The summed E-state index contributed by atoms with van der Waals surface area (Å²) in [5.41, 5.74) is 3.76. The number of rotatable bonds is 9. The van der Waals surface area contributed by atoms with E-state index in [1.807, 2.05) is 41.3 Å². The molecule has 6 heteroatoms. The number of ether oxygens (including phenoxy) is 1. The fourth-order valence-electron chi connectivity index (χ4n) is 3.98. The molecule has 0 bridgehead atoms. The second-order valence-corrected chi connectivity index (χ2v) is 8.85. The van der Waals surface area contributed by atoms with Crippen molar-refractivity contribution in [1.29, 1.82) is 0 Å². The SMILES string of the molecule is Cn1ccnc1COc1ccc(CNCC(c2cccs2)c2c[nH]c3ccccc23)cc1. The van der Waals surface area contributed by atoms with Crippen LogP contribution in [-0.2, 0) is 20.2 Å². The normalized spacial score (nSPS) is 12.3. The predicted octanol–water partition coefficient (Wildman–Crippen LogP) is 5.46. The van der Waals surface area contributed by atoms with E-state index in [0.29, 0.717) is 12.5 Å². The average molecular weight is 443 g/mol. The van der Waals surface area contributed by atoms with Gasteiger partial charge < -0.3 is 19.6 Å². The third-order valence-corrected chi connectivity index (χ3v) is 6.76. The Morgan fingerprint density at radius 2 is 1.97 bits per heavy atom. The van der Waals surface area contributed by atoms with Crippen molar-refractivity contribution in [2.45, 2.75) is 19.1 Å². The standard InChI is InChI=1S/C26H26N4OS/c1-30-13-12-28-26(30)18-31-20-10-8-19(9-11-20)15-27-16-23(25-7-4-14-32-25)22-17-29-24-6-3-2-5-21(22)24/h2-14,17,23,27,29H,15-16,18H2,1H3. The van der Waals surface area contributed by atoms with Gasteiger partial charge in [-0.25, -0.2) is 4.98 Å². The Morgan fingerprint density at radius 3 is 2.75 bits per heavy atom. The Balaban J connectivity index is 1.22. The maximum Gasteiger partial charge on any atom is 0.146 e. The molecule has 0 saturated carbocycles. The van der Waals surface area contributed by atoms with Gasteiger partial charge in [0.1, 0.15) is 18.2 Å². The molecule has 32 heavy (non-hydrogen) atoms. The average Bonchev–Trinajstić information content (AvgIpc) is 3.58. The van der Waals surface area contributed by atoms with Crippen LogP contribution in [0.25, 0.3) is 10.9 Å². The van der Waals surface area contributed by atoms with Crippen LogP contribution in [0.4, 0.5) is 0 Å². The van der Waals surface area contributed by atoms with E-state index in [-0.39, 0.29) is 0 Å². The first-order valence-corrected chi connectivity index (χ1v) is 11.6. The number of nitrogens with one attached hydrogen (secondary N) is 2. The molecule has 0 fully saturated rings. The number of nitrogens with zero attached hydrogens (tertiary/aromatic N) is 2. The molecule has 162 valence electrons. The summed E-state index contributed by atoms with van der Waals surface area (Å²) < 4.78 is 7.83. The summed E-state index contributed by atoms with van der Waals surface area (Å²) in [4.78, 5) is 9.10. The van der Waals surface area contributed by atoms with Crippen molar-refractivity contribution < 1.29 is 4.74 Å². The molecule has 2 aromatic carbocycles. The molecule has 5 rings (SSSR count). The van der Waals surface area contributed by atoms with Gasteiger partial charge in [0.25, 0.3) is 0 Å². The number of aryl methyl sites for hydroxylation is 1. The van der Waals surface area contributed by atoms with Gasteiger partial charge in [-0.05, 0) is 40.8 Å². The Morgan fingerprint density at radius 1 is 1.09 bits per heavy atom. The van der Waals surface area contributed by atoms with Gasteiger partial charge in [-0.1, -0.05) is 36.4 Å². The molecule has 2 N–H and O–H groups in total. The van der Waals surface area contributed by atoms with Crippen molar-refractivity contribution in [3.05, 3.63) is 106 Å². The minimum atomic E-state index is 0.312. The number of para-hydroxylation sites is 1. The van der Waals surface area contributed by atoms with Crippen molar-refractivity contribution in [2.24, 2.45) is 7.05 Å². The van der Waals surface area contributed by atoms with E-state index >= 15 is 0 Å². The quantitative estimate of drug-likeness (QED) is 0.319. The number of hydrogen-bond acceptors (Lipinski definition) is 4. The summed E-state index contributed by atoms with van der Waals surface area (Å²) in [6, 6.07) is 21.2. The minimum absolute atomic E-state index is 0.312. The molecule has 0 radical (unpaired) electrons. The zero-order valence-electron chi connectivity index (χ0n) is 18.0. The van der Waals surface area contributed by atoms with Gasteiger partial charge in [0, 0.05) is 60.4 Å². The molecular weight excluding hydrogens is 416 g/mol. The Kier molecular flexibility index (Phi) is 6.05. The Labute approximate surface area is 191 Å². The molecule has 0 aliphatic rings. The Hall–Kier alpha value is -3.35. The molecule has 0 amide bonds. The van der Waals surface area contributed by atoms with Crippen molar-refractivity contribution in [2.75, 3.05) is 6.54 Å². The van der Waals surface area contributed by atoms with Crippen LogP contribution in [0.5, 0.6) is 5.75 Å². The van der Waals surface area contributed by atoms with E-state index in [0.717, 1.165) is 24.7 Å². The monoisotopic (exact) mass is 442 g/mol. The van der Waals surface area contributed by atoms with Gasteiger partial charge in [-0.3, -0.25) is 0 Å². The van der Waals surface area contributed by atoms with Crippen LogP contribution in [-0.4, -0.2) is 21.1 Å². The highest BCUT2D eigenvalue weighted by Crippen LogP contribution is 2.32. The lowest BCUT2D eigenvalue weighted by molar-refractivity contribution is 0.291. The molecule has 0 spiro atoms. The highest BCUT2D eigenvalue weighted by Gasteiger charge is 2.18. The van der Waals surface area contributed by atoms with Gasteiger partial charge in [0.05, 0.1) is 0 Å². The maximum absolute atomic E-state index is 5.86. The van der Waals surface area contributed by atoms with Crippen LogP contribution in [0.3, 0.4) is 0 Å². The fourth-order valence-corrected chi connectivity index (χ4v) is 4.83. The van der Waals surface area contributed by atoms with Gasteiger partial charge >= 0.3 is 0 Å². The van der Waals surface area contributed by atoms with E-state index in [9.17, 15) is 0 Å². The summed E-state index contributed by atoms with van der Waals surface area (Å²) in [6.45, 7) is 2.15. The van der Waals surface area contributed by atoms with Crippen LogP contribution in [0.15, 0.2) is 84.6 Å². The number of benzene rings is 2. The molecule has 1 unspecified atom stereocenters. The van der Waals surface area contributed by atoms with Crippen LogP contribution >= 0.6 is 11.3 Å². The van der Waals surface area contributed by atoms with Gasteiger partial charge in [-0.15, -0.1) is 11.3 Å². The van der Waals surface area contributed by atoms with Crippen LogP contribution in [0.2, 0.25) is 0 Å². The van der Waals surface area contributed by atoms with E-state index in [4.69, 9.17) is 4.74 Å². The molecule has 0 saturated heterocycles. The summed E-state index contributed by atoms with van der Waals surface area (Å²) in [5.74, 6) is 2.08. The fraction of sp³-hybridized carbons (Fsp3) is 0.192. The minimum Gasteiger partial charge on any atom is -0.486 e. The molecule has 3 aromatic heterocycles. The molecule has 5 nitrogen and oxygen atoms in total.